The van der Waals surface area contributed by atoms with Gasteiger partial charge in [-0.1, -0.05) is 18.9 Å². The minimum atomic E-state index is 0.527. The van der Waals surface area contributed by atoms with Crippen LogP contribution in [0.1, 0.15) is 42.9 Å². The van der Waals surface area contributed by atoms with E-state index in [1.807, 2.05) is 0 Å². The zero-order valence-electron chi connectivity index (χ0n) is 12.3. The Hall–Kier alpha value is -1.02. The predicted octanol–water partition coefficient (Wildman–Crippen LogP) is 3.70. The molecule has 0 amide bonds. The van der Waals surface area contributed by atoms with Crippen molar-refractivity contribution in [2.24, 2.45) is 17.8 Å². The van der Waals surface area contributed by atoms with Gasteiger partial charge in [0.25, 0.3) is 0 Å². The van der Waals surface area contributed by atoms with Crippen LogP contribution in [0.2, 0.25) is 0 Å². The highest BCUT2D eigenvalue weighted by atomic mass is 16.5. The Morgan fingerprint density at radius 2 is 1.89 bits per heavy atom. The Labute approximate surface area is 116 Å². The molecule has 0 bridgehead atoms. The molecule has 3 rings (SSSR count). The van der Waals surface area contributed by atoms with Crippen LogP contribution >= 0.6 is 0 Å². The quantitative estimate of drug-likeness (QED) is 0.890. The lowest BCUT2D eigenvalue weighted by molar-refractivity contribution is 0.413. The van der Waals surface area contributed by atoms with Gasteiger partial charge < -0.3 is 10.1 Å². The number of methoxy groups -OCH3 is 1. The molecular weight excluding hydrogens is 234 g/mol. The largest absolute Gasteiger partial charge is 0.497 e. The molecule has 0 radical (unpaired) electrons. The molecule has 1 aromatic carbocycles. The van der Waals surface area contributed by atoms with Crippen molar-refractivity contribution in [2.45, 2.75) is 38.6 Å². The second-order valence-corrected chi connectivity index (χ2v) is 6.18. The van der Waals surface area contributed by atoms with Crippen molar-refractivity contribution in [1.82, 2.24) is 5.32 Å². The Balaban J connectivity index is 1.83. The highest BCUT2D eigenvalue weighted by molar-refractivity contribution is 5.38. The van der Waals surface area contributed by atoms with Gasteiger partial charge in [-0.25, -0.2) is 0 Å². The SMILES string of the molecule is CNC(c1ccc(OC)cc1C)C1C2CCCCC21. The van der Waals surface area contributed by atoms with E-state index in [9.17, 15) is 0 Å². The van der Waals surface area contributed by atoms with Crippen molar-refractivity contribution < 1.29 is 4.74 Å². The van der Waals surface area contributed by atoms with E-state index in [0.29, 0.717) is 6.04 Å². The van der Waals surface area contributed by atoms with Crippen molar-refractivity contribution in [3.8, 4) is 5.75 Å². The van der Waals surface area contributed by atoms with Gasteiger partial charge in [0.15, 0.2) is 0 Å². The number of rotatable bonds is 4. The van der Waals surface area contributed by atoms with Gasteiger partial charge in [0.1, 0.15) is 5.75 Å². The smallest absolute Gasteiger partial charge is 0.119 e. The minimum absolute atomic E-state index is 0.527. The number of benzene rings is 1. The van der Waals surface area contributed by atoms with E-state index in [0.717, 1.165) is 23.5 Å². The van der Waals surface area contributed by atoms with Gasteiger partial charge in [-0.15, -0.1) is 0 Å². The van der Waals surface area contributed by atoms with Crippen LogP contribution in [-0.2, 0) is 0 Å². The second-order valence-electron chi connectivity index (χ2n) is 6.18. The molecule has 0 spiro atoms. The third-order valence-electron chi connectivity index (χ3n) is 5.23. The first-order valence-electron chi connectivity index (χ1n) is 7.58. The molecule has 19 heavy (non-hydrogen) atoms. The topological polar surface area (TPSA) is 21.3 Å². The highest BCUT2D eigenvalue weighted by Gasteiger charge is 2.54. The molecule has 2 saturated carbocycles. The second kappa shape index (κ2) is 5.16. The summed E-state index contributed by atoms with van der Waals surface area (Å²) < 4.78 is 5.31. The molecule has 104 valence electrons. The van der Waals surface area contributed by atoms with Gasteiger partial charge in [-0.2, -0.15) is 0 Å². The van der Waals surface area contributed by atoms with E-state index in [4.69, 9.17) is 4.74 Å². The summed E-state index contributed by atoms with van der Waals surface area (Å²) in [5.41, 5.74) is 2.81. The molecule has 2 heteroatoms. The van der Waals surface area contributed by atoms with Crippen LogP contribution in [0, 0.1) is 24.7 Å². The average molecular weight is 259 g/mol. The van der Waals surface area contributed by atoms with E-state index in [-0.39, 0.29) is 0 Å². The van der Waals surface area contributed by atoms with E-state index in [2.05, 4.69) is 37.5 Å². The summed E-state index contributed by atoms with van der Waals surface area (Å²) >= 11 is 0. The van der Waals surface area contributed by atoms with E-state index >= 15 is 0 Å². The summed E-state index contributed by atoms with van der Waals surface area (Å²) in [6.45, 7) is 2.20. The number of aryl methyl sites for hydroxylation is 1. The molecule has 1 aromatic rings. The molecule has 2 fully saturated rings. The lowest BCUT2D eigenvalue weighted by Gasteiger charge is -2.20. The van der Waals surface area contributed by atoms with Crippen molar-refractivity contribution in [3.63, 3.8) is 0 Å². The third kappa shape index (κ3) is 2.27. The Morgan fingerprint density at radius 1 is 1.21 bits per heavy atom. The van der Waals surface area contributed by atoms with Gasteiger partial charge in [-0.3, -0.25) is 0 Å². The fourth-order valence-corrected chi connectivity index (χ4v) is 4.22. The van der Waals surface area contributed by atoms with Gasteiger partial charge >= 0.3 is 0 Å². The molecule has 2 nitrogen and oxygen atoms in total. The van der Waals surface area contributed by atoms with Crippen molar-refractivity contribution in [3.05, 3.63) is 29.3 Å². The summed E-state index contributed by atoms with van der Waals surface area (Å²) in [4.78, 5) is 0. The lowest BCUT2D eigenvalue weighted by Crippen LogP contribution is -2.20. The monoisotopic (exact) mass is 259 g/mol. The summed E-state index contributed by atoms with van der Waals surface area (Å²) in [5.74, 6) is 3.78. The van der Waals surface area contributed by atoms with Crippen LogP contribution in [0.5, 0.6) is 5.75 Å². The molecule has 2 aliphatic rings. The third-order valence-corrected chi connectivity index (χ3v) is 5.23. The van der Waals surface area contributed by atoms with Crippen LogP contribution in [0.25, 0.3) is 0 Å². The van der Waals surface area contributed by atoms with Crippen molar-refractivity contribution in [1.29, 1.82) is 0 Å². The molecule has 0 heterocycles. The molecule has 0 aliphatic heterocycles. The molecule has 0 saturated heterocycles. The summed E-state index contributed by atoms with van der Waals surface area (Å²) in [5, 5.41) is 3.57. The Bertz CT molecular complexity index is 445. The van der Waals surface area contributed by atoms with Crippen molar-refractivity contribution in [2.75, 3.05) is 14.2 Å². The molecular formula is C17H25NO. The molecule has 1 N–H and O–H groups in total. The van der Waals surface area contributed by atoms with Crippen LogP contribution < -0.4 is 10.1 Å². The highest BCUT2D eigenvalue weighted by Crippen LogP contribution is 2.60. The molecule has 2 aliphatic carbocycles. The number of nitrogens with one attached hydrogen (secondary N) is 1. The fraction of sp³-hybridized carbons (Fsp3) is 0.647. The fourth-order valence-electron chi connectivity index (χ4n) is 4.22. The summed E-state index contributed by atoms with van der Waals surface area (Å²) in [6, 6.07) is 7.03. The number of fused-ring (bicyclic) bond motifs is 1. The lowest BCUT2D eigenvalue weighted by atomic mass is 9.95. The van der Waals surface area contributed by atoms with Gasteiger partial charge in [-0.05, 0) is 67.8 Å². The maximum absolute atomic E-state index is 5.31. The standard InChI is InChI=1S/C17H25NO/c1-11-10-12(19-3)8-9-13(11)17(18-2)16-14-6-4-5-7-15(14)16/h8-10,14-18H,4-7H2,1-3H3. The maximum atomic E-state index is 5.31. The first kappa shape index (κ1) is 13.0. The molecule has 3 atom stereocenters. The van der Waals surface area contributed by atoms with Gasteiger partial charge in [0.2, 0.25) is 0 Å². The maximum Gasteiger partial charge on any atom is 0.119 e. The first-order chi connectivity index (χ1) is 9.26. The normalized spacial score (nSPS) is 30.6. The zero-order chi connectivity index (χ0) is 13.4. The zero-order valence-corrected chi connectivity index (χ0v) is 12.3. The number of ether oxygens (including phenoxy) is 1. The van der Waals surface area contributed by atoms with E-state index in [1.54, 1.807) is 7.11 Å². The Kier molecular flexibility index (Phi) is 3.53. The predicted molar refractivity (Wildman–Crippen MR) is 78.5 cm³/mol. The first-order valence-corrected chi connectivity index (χ1v) is 7.58. The van der Waals surface area contributed by atoms with Crippen LogP contribution in [-0.4, -0.2) is 14.2 Å². The summed E-state index contributed by atoms with van der Waals surface area (Å²) in [7, 11) is 3.85. The number of hydrogen-bond acceptors (Lipinski definition) is 2. The summed E-state index contributed by atoms with van der Waals surface area (Å²) in [6.07, 6.45) is 5.77. The van der Waals surface area contributed by atoms with Crippen LogP contribution in [0.3, 0.4) is 0 Å². The van der Waals surface area contributed by atoms with Crippen LogP contribution in [0.15, 0.2) is 18.2 Å². The van der Waals surface area contributed by atoms with Crippen LogP contribution in [0.4, 0.5) is 0 Å². The van der Waals surface area contributed by atoms with Gasteiger partial charge in [0.05, 0.1) is 7.11 Å². The Morgan fingerprint density at radius 3 is 2.42 bits per heavy atom. The van der Waals surface area contributed by atoms with E-state index < -0.39 is 0 Å². The van der Waals surface area contributed by atoms with Crippen molar-refractivity contribution >= 4 is 0 Å². The average Bonchev–Trinajstić information content (AvgIpc) is 3.16. The molecule has 0 aromatic heterocycles. The number of hydrogen-bond donors (Lipinski definition) is 1. The van der Waals surface area contributed by atoms with E-state index in [1.165, 1.54) is 36.8 Å². The minimum Gasteiger partial charge on any atom is -0.497 e. The van der Waals surface area contributed by atoms with Gasteiger partial charge in [0, 0.05) is 6.04 Å². The molecule has 3 unspecified atom stereocenters.